The first kappa shape index (κ1) is 19.3. The van der Waals surface area contributed by atoms with Gasteiger partial charge in [0.25, 0.3) is 0 Å². The molecule has 0 aromatic heterocycles. The number of carbonyl (C=O) groups is 2. The molecule has 1 saturated carbocycles. The zero-order valence-corrected chi connectivity index (χ0v) is 13.3. The minimum atomic E-state index is -0.993. The van der Waals surface area contributed by atoms with E-state index in [0.29, 0.717) is 0 Å². The Hall–Kier alpha value is -2.74. The van der Waals surface area contributed by atoms with E-state index in [1.165, 1.54) is 19.9 Å². The summed E-state index contributed by atoms with van der Waals surface area (Å²) in [6.07, 6.45) is -1.47. The Morgan fingerprint density at radius 3 is 1.88 bits per heavy atom. The first-order valence-electron chi connectivity index (χ1n) is 7.10. The van der Waals surface area contributed by atoms with Crippen molar-refractivity contribution in [2.24, 2.45) is 10.2 Å². The summed E-state index contributed by atoms with van der Waals surface area (Å²) >= 11 is 0. The lowest BCUT2D eigenvalue weighted by atomic mass is 9.84. The van der Waals surface area contributed by atoms with E-state index >= 15 is 0 Å². The topological polar surface area (TPSA) is 159 Å². The van der Waals surface area contributed by atoms with Gasteiger partial charge >= 0.3 is 11.9 Å². The van der Waals surface area contributed by atoms with Gasteiger partial charge < -0.3 is 14.2 Å². The van der Waals surface area contributed by atoms with E-state index < -0.39 is 42.3 Å². The molecule has 0 aromatic rings. The molecule has 1 unspecified atom stereocenters. The van der Waals surface area contributed by atoms with Gasteiger partial charge in [-0.15, -0.1) is 6.58 Å². The molecular formula is C13H18N6O5. The first-order chi connectivity index (χ1) is 11.4. The molecule has 0 spiro atoms. The first-order valence-corrected chi connectivity index (χ1v) is 7.10. The van der Waals surface area contributed by atoms with Crippen molar-refractivity contribution in [1.29, 1.82) is 0 Å². The summed E-state index contributed by atoms with van der Waals surface area (Å²) in [6.45, 7) is 5.97. The quantitative estimate of drug-likeness (QED) is 0.228. The summed E-state index contributed by atoms with van der Waals surface area (Å²) in [6, 6.07) is -1.67. The van der Waals surface area contributed by atoms with Crippen molar-refractivity contribution in [2.45, 2.75) is 50.7 Å². The molecule has 0 radical (unpaired) electrons. The average Bonchev–Trinajstić information content (AvgIpc) is 2.50. The predicted octanol–water partition coefficient (Wildman–Crippen LogP) is 2.18. The van der Waals surface area contributed by atoms with Crippen LogP contribution in [0.25, 0.3) is 20.9 Å². The van der Waals surface area contributed by atoms with Crippen LogP contribution in [0.5, 0.6) is 0 Å². The van der Waals surface area contributed by atoms with Gasteiger partial charge in [-0.3, -0.25) is 9.59 Å². The number of azide groups is 2. The predicted molar refractivity (Wildman–Crippen MR) is 81.5 cm³/mol. The van der Waals surface area contributed by atoms with E-state index in [9.17, 15) is 9.59 Å². The number of nitrogens with zero attached hydrogens (tertiary/aromatic N) is 6. The molecule has 0 amide bonds. The number of hydrogen-bond donors (Lipinski definition) is 0. The molecule has 5 atom stereocenters. The van der Waals surface area contributed by atoms with E-state index in [1.807, 2.05) is 0 Å². The summed E-state index contributed by atoms with van der Waals surface area (Å²) in [5, 5.41) is 7.19. The van der Waals surface area contributed by atoms with E-state index in [1.54, 1.807) is 0 Å². The third-order valence-corrected chi connectivity index (χ3v) is 3.30. The average molecular weight is 338 g/mol. The van der Waals surface area contributed by atoms with Crippen LogP contribution in [0.1, 0.15) is 20.3 Å². The lowest BCUT2D eigenvalue weighted by Crippen LogP contribution is -2.58. The molecule has 1 rings (SSSR count). The molecule has 24 heavy (non-hydrogen) atoms. The molecule has 0 saturated heterocycles. The number of hydrogen-bond acceptors (Lipinski definition) is 7. The van der Waals surface area contributed by atoms with Gasteiger partial charge in [0.15, 0.2) is 0 Å². The Balaban J connectivity index is 3.29. The molecule has 0 bridgehead atoms. The van der Waals surface area contributed by atoms with Crippen LogP contribution < -0.4 is 0 Å². The number of rotatable bonds is 7. The maximum absolute atomic E-state index is 11.4. The normalized spacial score (nSPS) is 28.7. The van der Waals surface area contributed by atoms with Gasteiger partial charge in [-0.05, 0) is 17.5 Å². The van der Waals surface area contributed by atoms with Crippen molar-refractivity contribution < 1.29 is 23.8 Å². The fraction of sp³-hybridized carbons (Fsp3) is 0.692. The van der Waals surface area contributed by atoms with Crippen molar-refractivity contribution in [3.05, 3.63) is 33.5 Å². The molecule has 0 heterocycles. The Labute approximate surface area is 137 Å². The van der Waals surface area contributed by atoms with Gasteiger partial charge in [-0.2, -0.15) is 0 Å². The highest BCUT2D eigenvalue weighted by Crippen LogP contribution is 2.32. The maximum Gasteiger partial charge on any atom is 0.303 e. The molecule has 130 valence electrons. The third-order valence-electron chi connectivity index (χ3n) is 3.30. The molecule has 0 aromatic carbocycles. The highest BCUT2D eigenvalue weighted by Gasteiger charge is 2.48. The van der Waals surface area contributed by atoms with Crippen molar-refractivity contribution in [3.8, 4) is 0 Å². The number of esters is 2. The third kappa shape index (κ3) is 5.17. The highest BCUT2D eigenvalue weighted by molar-refractivity contribution is 5.67. The fourth-order valence-electron chi connectivity index (χ4n) is 2.54. The van der Waals surface area contributed by atoms with Gasteiger partial charge in [0.2, 0.25) is 0 Å². The SMILES string of the molecule is C=CCOC1[C@@H](OC(C)=O)[C@H](N=[N+]=[N-])C[C@H](N=[N+]=[N-])[C@H]1OC(C)=O. The van der Waals surface area contributed by atoms with E-state index in [-0.39, 0.29) is 13.0 Å². The monoisotopic (exact) mass is 338 g/mol. The minimum absolute atomic E-state index is 0.0396. The molecule has 0 N–H and O–H groups in total. The van der Waals surface area contributed by atoms with Crippen LogP contribution in [0.4, 0.5) is 0 Å². The number of ether oxygens (including phenoxy) is 3. The smallest absolute Gasteiger partial charge is 0.303 e. The van der Waals surface area contributed by atoms with E-state index in [2.05, 4.69) is 26.6 Å². The lowest BCUT2D eigenvalue weighted by molar-refractivity contribution is -0.185. The molecule has 11 nitrogen and oxygen atoms in total. The van der Waals surface area contributed by atoms with Crippen LogP contribution in [0.15, 0.2) is 22.9 Å². The zero-order chi connectivity index (χ0) is 18.1. The lowest BCUT2D eigenvalue weighted by Gasteiger charge is -2.42. The molecule has 11 heteroatoms. The van der Waals surface area contributed by atoms with Crippen molar-refractivity contribution in [1.82, 2.24) is 0 Å². The van der Waals surface area contributed by atoms with Gasteiger partial charge in [0, 0.05) is 23.7 Å². The Morgan fingerprint density at radius 1 is 1.08 bits per heavy atom. The Kier molecular flexibility index (Phi) is 7.57. The second-order valence-electron chi connectivity index (χ2n) is 5.01. The van der Waals surface area contributed by atoms with Crippen molar-refractivity contribution in [3.63, 3.8) is 0 Å². The molecule has 1 aliphatic carbocycles. The van der Waals surface area contributed by atoms with Crippen LogP contribution in [-0.2, 0) is 23.8 Å². The van der Waals surface area contributed by atoms with Crippen molar-refractivity contribution in [2.75, 3.05) is 6.61 Å². The summed E-state index contributed by atoms with van der Waals surface area (Å²) in [5.74, 6) is -1.23. The van der Waals surface area contributed by atoms with Crippen molar-refractivity contribution >= 4 is 11.9 Å². The van der Waals surface area contributed by atoms with Gasteiger partial charge in [-0.1, -0.05) is 16.3 Å². The van der Waals surface area contributed by atoms with Gasteiger partial charge in [0.05, 0.1) is 18.7 Å². The Morgan fingerprint density at radius 2 is 1.54 bits per heavy atom. The van der Waals surface area contributed by atoms with E-state index in [0.717, 1.165) is 0 Å². The fourth-order valence-corrected chi connectivity index (χ4v) is 2.54. The van der Waals surface area contributed by atoms with Crippen LogP contribution in [0.2, 0.25) is 0 Å². The molecule has 1 fully saturated rings. The molecule has 1 aliphatic rings. The minimum Gasteiger partial charge on any atom is -0.459 e. The maximum atomic E-state index is 11.4. The van der Waals surface area contributed by atoms with Crippen LogP contribution in [-0.4, -0.2) is 48.9 Å². The van der Waals surface area contributed by atoms with E-state index in [4.69, 9.17) is 25.3 Å². The molecule has 0 aliphatic heterocycles. The largest absolute Gasteiger partial charge is 0.459 e. The van der Waals surface area contributed by atoms with Crippen LogP contribution >= 0.6 is 0 Å². The van der Waals surface area contributed by atoms with Gasteiger partial charge in [-0.25, -0.2) is 0 Å². The summed E-state index contributed by atoms with van der Waals surface area (Å²) in [7, 11) is 0. The molecular weight excluding hydrogens is 320 g/mol. The Bertz CT molecular complexity index is 539. The summed E-state index contributed by atoms with van der Waals surface area (Å²) in [4.78, 5) is 28.2. The highest BCUT2D eigenvalue weighted by atomic mass is 16.6. The van der Waals surface area contributed by atoms with Crippen LogP contribution in [0, 0.1) is 0 Å². The van der Waals surface area contributed by atoms with Crippen LogP contribution in [0.3, 0.4) is 0 Å². The summed E-state index contributed by atoms with van der Waals surface area (Å²) in [5.41, 5.74) is 17.5. The number of carbonyl (C=O) groups excluding carboxylic acids is 2. The second kappa shape index (κ2) is 9.41. The summed E-state index contributed by atoms with van der Waals surface area (Å²) < 4.78 is 16.0. The van der Waals surface area contributed by atoms with Gasteiger partial charge in [0.1, 0.15) is 18.3 Å². The standard InChI is InChI=1S/C13H18N6O5/c1-4-5-22-13-11(23-7(2)20)9(16-18-14)6-10(17-19-15)12(13)24-8(3)21/h4,9-13H,1,5-6H2,2-3H3/t9-,10+,11+,12-,13?. The second-order valence-corrected chi connectivity index (χ2v) is 5.01. The zero-order valence-electron chi connectivity index (χ0n) is 13.3.